The fraction of sp³-hybridized carbons (Fsp3) is 0.250. The van der Waals surface area contributed by atoms with Crippen molar-refractivity contribution >= 4 is 5.69 Å². The summed E-state index contributed by atoms with van der Waals surface area (Å²) in [6.07, 6.45) is 6.65. The Hall–Kier alpha value is -3.90. The quantitative estimate of drug-likeness (QED) is 0.241. The first-order valence-corrected chi connectivity index (χ1v) is 12.6. The monoisotopic (exact) mass is 459 g/mol. The Morgan fingerprint density at radius 2 is 1.31 bits per heavy atom. The summed E-state index contributed by atoms with van der Waals surface area (Å²) in [7, 11) is 0. The summed E-state index contributed by atoms with van der Waals surface area (Å²) < 4.78 is 0. The van der Waals surface area contributed by atoms with Gasteiger partial charge in [0.15, 0.2) is 0 Å². The molecule has 0 N–H and O–H groups in total. The molecule has 2 heterocycles. The number of rotatable bonds is 9. The second-order valence-corrected chi connectivity index (χ2v) is 8.70. The number of anilines is 1. The first-order valence-electron chi connectivity index (χ1n) is 12.6. The summed E-state index contributed by atoms with van der Waals surface area (Å²) in [4.78, 5) is 11.9. The molecule has 0 atom stereocenters. The largest absolute Gasteiger partial charge is 0.372 e. The van der Waals surface area contributed by atoms with Gasteiger partial charge in [-0.2, -0.15) is 0 Å². The lowest BCUT2D eigenvalue weighted by Crippen LogP contribution is -2.25. The summed E-state index contributed by atoms with van der Waals surface area (Å²) >= 11 is 0. The van der Waals surface area contributed by atoms with Gasteiger partial charge in [0.05, 0.1) is 17.1 Å². The van der Waals surface area contributed by atoms with Gasteiger partial charge in [0.25, 0.3) is 0 Å². The molecule has 2 aromatic carbocycles. The Morgan fingerprint density at radius 1 is 0.657 bits per heavy atom. The van der Waals surface area contributed by atoms with Crippen LogP contribution in [-0.2, 0) is 0 Å². The summed E-state index contributed by atoms with van der Waals surface area (Å²) in [5.74, 6) is 6.72. The van der Waals surface area contributed by atoms with Gasteiger partial charge in [0.2, 0.25) is 0 Å². The molecule has 0 saturated heterocycles. The predicted octanol–water partition coefficient (Wildman–Crippen LogP) is 7.62. The highest BCUT2D eigenvalue weighted by Crippen LogP contribution is 2.23. The van der Waals surface area contributed by atoms with Crippen LogP contribution in [0.2, 0.25) is 0 Å². The average Bonchev–Trinajstić information content (AvgIpc) is 2.93. The molecule has 0 fully saturated rings. The lowest BCUT2D eigenvalue weighted by atomic mass is 10.1. The van der Waals surface area contributed by atoms with Gasteiger partial charge in [0, 0.05) is 41.7 Å². The summed E-state index contributed by atoms with van der Waals surface area (Å²) in [6.45, 7) is 6.71. The number of pyridine rings is 2. The first-order chi connectivity index (χ1) is 17.3. The van der Waals surface area contributed by atoms with Gasteiger partial charge in [-0.05, 0) is 61.4 Å². The molecule has 0 saturated carbocycles. The summed E-state index contributed by atoms with van der Waals surface area (Å²) in [6, 6.07) is 28.9. The van der Waals surface area contributed by atoms with Crippen molar-refractivity contribution in [2.75, 3.05) is 18.0 Å². The van der Waals surface area contributed by atoms with Crippen molar-refractivity contribution in [1.29, 1.82) is 0 Å². The van der Waals surface area contributed by atoms with Crippen LogP contribution < -0.4 is 4.90 Å². The van der Waals surface area contributed by atoms with Crippen LogP contribution in [0.3, 0.4) is 0 Å². The van der Waals surface area contributed by atoms with Crippen molar-refractivity contribution in [2.45, 2.75) is 39.5 Å². The van der Waals surface area contributed by atoms with Gasteiger partial charge >= 0.3 is 0 Å². The van der Waals surface area contributed by atoms with Crippen molar-refractivity contribution in [2.24, 2.45) is 0 Å². The fourth-order valence-electron chi connectivity index (χ4n) is 3.97. The SMILES string of the molecule is CCCCN(CCCC)c1ccc(C#Cc2cc(-c3ccccc3)nc(-c3ccccn3)c2)cc1. The lowest BCUT2D eigenvalue weighted by Gasteiger charge is -2.24. The van der Waals surface area contributed by atoms with E-state index in [0.29, 0.717) is 0 Å². The molecule has 3 nitrogen and oxygen atoms in total. The van der Waals surface area contributed by atoms with Crippen molar-refractivity contribution in [3.63, 3.8) is 0 Å². The van der Waals surface area contributed by atoms with E-state index >= 15 is 0 Å². The zero-order valence-corrected chi connectivity index (χ0v) is 20.7. The van der Waals surface area contributed by atoms with Crippen LogP contribution in [0.15, 0.2) is 91.1 Å². The van der Waals surface area contributed by atoms with E-state index in [0.717, 1.165) is 46.9 Å². The zero-order valence-electron chi connectivity index (χ0n) is 20.7. The zero-order chi connectivity index (χ0) is 24.3. The molecular weight excluding hydrogens is 426 g/mol. The van der Waals surface area contributed by atoms with E-state index in [-0.39, 0.29) is 0 Å². The minimum Gasteiger partial charge on any atom is -0.372 e. The van der Waals surface area contributed by atoms with Crippen LogP contribution in [0.1, 0.15) is 50.7 Å². The topological polar surface area (TPSA) is 29.0 Å². The highest BCUT2D eigenvalue weighted by atomic mass is 15.1. The molecule has 4 rings (SSSR count). The number of nitrogens with zero attached hydrogens (tertiary/aromatic N) is 3. The molecule has 3 heteroatoms. The Labute approximate surface area is 209 Å². The second kappa shape index (κ2) is 12.5. The van der Waals surface area contributed by atoms with Crippen LogP contribution in [0.25, 0.3) is 22.6 Å². The van der Waals surface area contributed by atoms with Crippen molar-refractivity contribution in [1.82, 2.24) is 9.97 Å². The molecule has 0 unspecified atom stereocenters. The van der Waals surface area contributed by atoms with E-state index in [4.69, 9.17) is 4.98 Å². The van der Waals surface area contributed by atoms with Crippen LogP contribution in [0, 0.1) is 11.8 Å². The Balaban J connectivity index is 1.62. The lowest BCUT2D eigenvalue weighted by molar-refractivity contribution is 0.678. The first kappa shape index (κ1) is 24.2. The molecule has 0 amide bonds. The van der Waals surface area contributed by atoms with Gasteiger partial charge in [-0.15, -0.1) is 0 Å². The van der Waals surface area contributed by atoms with E-state index < -0.39 is 0 Å². The second-order valence-electron chi connectivity index (χ2n) is 8.70. The normalized spacial score (nSPS) is 10.5. The van der Waals surface area contributed by atoms with Crippen LogP contribution >= 0.6 is 0 Å². The molecule has 4 aromatic rings. The molecule has 0 aliphatic heterocycles. The third-order valence-corrected chi connectivity index (χ3v) is 5.97. The Kier molecular flexibility index (Phi) is 8.68. The third-order valence-electron chi connectivity index (χ3n) is 5.97. The van der Waals surface area contributed by atoms with Crippen molar-refractivity contribution in [3.05, 3.63) is 102 Å². The van der Waals surface area contributed by atoms with Gasteiger partial charge < -0.3 is 4.90 Å². The predicted molar refractivity (Wildman–Crippen MR) is 147 cm³/mol. The molecular formula is C32H33N3. The third kappa shape index (κ3) is 6.80. The smallest absolute Gasteiger partial charge is 0.0906 e. The average molecular weight is 460 g/mol. The van der Waals surface area contributed by atoms with E-state index in [1.165, 1.54) is 31.4 Å². The van der Waals surface area contributed by atoms with Gasteiger partial charge in [-0.25, -0.2) is 4.98 Å². The highest BCUT2D eigenvalue weighted by Gasteiger charge is 2.08. The number of hydrogen-bond acceptors (Lipinski definition) is 3. The van der Waals surface area contributed by atoms with Crippen LogP contribution in [0.4, 0.5) is 5.69 Å². The number of unbranched alkanes of at least 4 members (excludes halogenated alkanes) is 2. The minimum absolute atomic E-state index is 0.828. The molecule has 35 heavy (non-hydrogen) atoms. The maximum absolute atomic E-state index is 4.87. The Morgan fingerprint density at radius 3 is 1.97 bits per heavy atom. The summed E-state index contributed by atoms with van der Waals surface area (Å²) in [5, 5.41) is 0. The van der Waals surface area contributed by atoms with Crippen LogP contribution in [0.5, 0.6) is 0 Å². The van der Waals surface area contributed by atoms with Gasteiger partial charge in [-0.1, -0.05) is 74.9 Å². The maximum atomic E-state index is 4.87. The van der Waals surface area contributed by atoms with Crippen molar-refractivity contribution in [3.8, 4) is 34.5 Å². The molecule has 0 spiro atoms. The minimum atomic E-state index is 0.828. The Bertz CT molecular complexity index is 1190. The standard InChI is InChI=1S/C32H33N3/c1-3-5-22-35(23-6-4-2)29-19-17-26(18-20-29)15-16-27-24-31(28-12-8-7-9-13-28)34-32(25-27)30-14-10-11-21-33-30/h7-14,17-21,24-25H,3-6,22-23H2,1-2H3. The number of benzene rings is 2. The van der Waals surface area contributed by atoms with E-state index in [1.54, 1.807) is 6.20 Å². The summed E-state index contributed by atoms with van der Waals surface area (Å²) in [5.41, 5.74) is 6.86. The maximum Gasteiger partial charge on any atom is 0.0906 e. The molecule has 0 bridgehead atoms. The molecule has 0 aliphatic rings. The molecule has 0 radical (unpaired) electrons. The number of hydrogen-bond donors (Lipinski definition) is 0. The van der Waals surface area contributed by atoms with Gasteiger partial charge in [0.1, 0.15) is 0 Å². The molecule has 176 valence electrons. The van der Waals surface area contributed by atoms with Crippen molar-refractivity contribution < 1.29 is 0 Å². The fourth-order valence-corrected chi connectivity index (χ4v) is 3.97. The van der Waals surface area contributed by atoms with E-state index in [1.807, 2.05) is 42.5 Å². The van der Waals surface area contributed by atoms with Crippen LogP contribution in [-0.4, -0.2) is 23.1 Å². The molecule has 0 aliphatic carbocycles. The van der Waals surface area contributed by atoms with E-state index in [2.05, 4.69) is 78.0 Å². The highest BCUT2D eigenvalue weighted by molar-refractivity contribution is 5.67. The van der Waals surface area contributed by atoms with Gasteiger partial charge in [-0.3, -0.25) is 4.98 Å². The van der Waals surface area contributed by atoms with E-state index in [9.17, 15) is 0 Å². The number of aromatic nitrogens is 2. The molecule has 2 aromatic heterocycles.